The minimum Gasteiger partial charge on any atom is -0.326 e. The second kappa shape index (κ2) is 6.19. The number of halogens is 3. The van der Waals surface area contributed by atoms with E-state index in [1.807, 2.05) is 0 Å². The Hall–Kier alpha value is 0.340. The Bertz CT molecular complexity index is 539. The first-order valence-corrected chi connectivity index (χ1v) is 8.14. The number of nitrogens with two attached hydrogens (primary N) is 1. The van der Waals surface area contributed by atoms with Gasteiger partial charge in [-0.2, -0.15) is 4.31 Å². The van der Waals surface area contributed by atoms with Crippen molar-refractivity contribution in [1.82, 2.24) is 4.31 Å². The van der Waals surface area contributed by atoms with Crippen molar-refractivity contribution in [2.24, 2.45) is 5.73 Å². The van der Waals surface area contributed by atoms with Crippen molar-refractivity contribution < 1.29 is 8.42 Å². The fourth-order valence-electron chi connectivity index (χ4n) is 1.79. The molecule has 0 radical (unpaired) electrons. The Morgan fingerprint density at radius 2 is 2.00 bits per heavy atom. The molecule has 4 nitrogen and oxygen atoms in total. The lowest BCUT2D eigenvalue weighted by atomic mass is 10.3. The van der Waals surface area contributed by atoms with Crippen LogP contribution in [0, 0.1) is 0 Å². The molecule has 0 bridgehead atoms. The van der Waals surface area contributed by atoms with Gasteiger partial charge in [0.2, 0.25) is 10.0 Å². The number of rotatable bonds is 2. The standard InChI is InChI=1S/C10H12Br2N2O2S.ClH/c11-7-1-2-9(12)10(5-7)17(15,16)14-4-3-8(13)6-14;/h1-2,5,8H,3-4,6,13H2;1H/t8-;/m1./s1. The van der Waals surface area contributed by atoms with E-state index in [9.17, 15) is 8.42 Å². The summed E-state index contributed by atoms with van der Waals surface area (Å²) in [5, 5.41) is 0. The molecule has 1 aromatic rings. The molecule has 18 heavy (non-hydrogen) atoms. The van der Waals surface area contributed by atoms with Gasteiger partial charge in [-0.1, -0.05) is 15.9 Å². The van der Waals surface area contributed by atoms with Crippen molar-refractivity contribution in [1.29, 1.82) is 0 Å². The van der Waals surface area contributed by atoms with Crippen molar-refractivity contribution in [3.05, 3.63) is 27.1 Å². The van der Waals surface area contributed by atoms with Crippen LogP contribution in [0.1, 0.15) is 6.42 Å². The lowest BCUT2D eigenvalue weighted by Crippen LogP contribution is -2.32. The van der Waals surface area contributed by atoms with E-state index in [1.165, 1.54) is 4.31 Å². The van der Waals surface area contributed by atoms with Gasteiger partial charge >= 0.3 is 0 Å². The minimum absolute atomic E-state index is 0. The maximum atomic E-state index is 12.4. The third-order valence-corrected chi connectivity index (χ3v) is 6.05. The van der Waals surface area contributed by atoms with E-state index in [0.717, 1.165) is 4.47 Å². The van der Waals surface area contributed by atoms with Gasteiger partial charge in [0.25, 0.3) is 0 Å². The van der Waals surface area contributed by atoms with Crippen LogP contribution in [0.4, 0.5) is 0 Å². The molecule has 1 fully saturated rings. The van der Waals surface area contributed by atoms with Crippen molar-refractivity contribution in [2.45, 2.75) is 17.4 Å². The molecule has 1 aliphatic rings. The smallest absolute Gasteiger partial charge is 0.244 e. The molecule has 1 saturated heterocycles. The lowest BCUT2D eigenvalue weighted by molar-refractivity contribution is 0.472. The van der Waals surface area contributed by atoms with Gasteiger partial charge in [-0.15, -0.1) is 12.4 Å². The molecule has 1 atom stereocenters. The summed E-state index contributed by atoms with van der Waals surface area (Å²) in [6.07, 6.45) is 0.713. The number of hydrogen-bond acceptors (Lipinski definition) is 3. The van der Waals surface area contributed by atoms with E-state index in [4.69, 9.17) is 5.73 Å². The molecular formula is C10H13Br2ClN2O2S. The number of sulfonamides is 1. The maximum absolute atomic E-state index is 12.4. The Morgan fingerprint density at radius 1 is 1.33 bits per heavy atom. The van der Waals surface area contributed by atoms with Crippen LogP contribution in [-0.4, -0.2) is 31.9 Å². The van der Waals surface area contributed by atoms with Crippen LogP contribution < -0.4 is 5.73 Å². The third-order valence-electron chi connectivity index (χ3n) is 2.70. The number of benzene rings is 1. The summed E-state index contributed by atoms with van der Waals surface area (Å²) in [6.45, 7) is 0.879. The van der Waals surface area contributed by atoms with Gasteiger partial charge in [-0.05, 0) is 40.5 Å². The molecule has 0 saturated carbocycles. The molecule has 0 unspecified atom stereocenters. The third kappa shape index (κ3) is 3.26. The molecule has 1 heterocycles. The lowest BCUT2D eigenvalue weighted by Gasteiger charge is -2.17. The second-order valence-corrected chi connectivity index (χ2v) is 7.66. The Balaban J connectivity index is 0.00000162. The quantitative estimate of drug-likeness (QED) is 0.799. The maximum Gasteiger partial charge on any atom is 0.244 e. The molecule has 8 heteroatoms. The van der Waals surface area contributed by atoms with Crippen LogP contribution in [-0.2, 0) is 10.0 Å². The zero-order valence-electron chi connectivity index (χ0n) is 9.34. The number of hydrogen-bond donors (Lipinski definition) is 1. The average molecular weight is 421 g/mol. The summed E-state index contributed by atoms with van der Waals surface area (Å²) in [5.74, 6) is 0. The highest BCUT2D eigenvalue weighted by molar-refractivity contribution is 9.11. The summed E-state index contributed by atoms with van der Waals surface area (Å²) in [6, 6.07) is 5.05. The average Bonchev–Trinajstić information content (AvgIpc) is 2.69. The first-order chi connectivity index (χ1) is 7.91. The summed E-state index contributed by atoms with van der Waals surface area (Å²) >= 11 is 6.55. The van der Waals surface area contributed by atoms with E-state index in [1.54, 1.807) is 18.2 Å². The van der Waals surface area contributed by atoms with E-state index in [-0.39, 0.29) is 23.3 Å². The largest absolute Gasteiger partial charge is 0.326 e. The monoisotopic (exact) mass is 418 g/mol. The van der Waals surface area contributed by atoms with Gasteiger partial charge in [-0.3, -0.25) is 0 Å². The van der Waals surface area contributed by atoms with E-state index < -0.39 is 10.0 Å². The predicted molar refractivity (Wildman–Crippen MR) is 80.4 cm³/mol. The second-order valence-electron chi connectivity index (χ2n) is 3.99. The molecule has 2 rings (SSSR count). The van der Waals surface area contributed by atoms with Crippen molar-refractivity contribution in [3.8, 4) is 0 Å². The van der Waals surface area contributed by atoms with Gasteiger partial charge in [0.15, 0.2) is 0 Å². The number of nitrogens with zero attached hydrogens (tertiary/aromatic N) is 1. The van der Waals surface area contributed by atoms with Crippen molar-refractivity contribution in [2.75, 3.05) is 13.1 Å². The Kier molecular flexibility index (Phi) is 5.64. The molecule has 102 valence electrons. The highest BCUT2D eigenvalue weighted by atomic mass is 79.9. The zero-order valence-corrected chi connectivity index (χ0v) is 14.1. The van der Waals surface area contributed by atoms with E-state index in [0.29, 0.717) is 24.0 Å². The van der Waals surface area contributed by atoms with Gasteiger partial charge < -0.3 is 5.73 Å². The molecule has 0 aromatic heterocycles. The van der Waals surface area contributed by atoms with Crippen molar-refractivity contribution in [3.63, 3.8) is 0 Å². The van der Waals surface area contributed by atoms with Crippen LogP contribution in [0.2, 0.25) is 0 Å². The highest BCUT2D eigenvalue weighted by Gasteiger charge is 2.32. The normalized spacial score (nSPS) is 20.7. The van der Waals surface area contributed by atoms with Crippen LogP contribution >= 0.6 is 44.3 Å². The van der Waals surface area contributed by atoms with E-state index in [2.05, 4.69) is 31.9 Å². The summed E-state index contributed by atoms with van der Waals surface area (Å²) in [7, 11) is -3.45. The SMILES string of the molecule is Cl.N[C@@H]1CCN(S(=O)(=O)c2cc(Br)ccc2Br)C1. The fraction of sp³-hybridized carbons (Fsp3) is 0.400. The van der Waals surface area contributed by atoms with Crippen LogP contribution in [0.3, 0.4) is 0 Å². The Labute approximate surface area is 130 Å². The molecule has 0 amide bonds. The van der Waals surface area contributed by atoms with Crippen LogP contribution in [0.15, 0.2) is 32.0 Å². The molecule has 0 aliphatic carbocycles. The van der Waals surface area contributed by atoms with Gasteiger partial charge in [0.05, 0.1) is 4.90 Å². The molecule has 1 aliphatic heterocycles. The van der Waals surface area contributed by atoms with Gasteiger partial charge in [0.1, 0.15) is 0 Å². The van der Waals surface area contributed by atoms with Crippen LogP contribution in [0.25, 0.3) is 0 Å². The molecule has 0 spiro atoms. The first kappa shape index (κ1) is 16.4. The fourth-order valence-corrected chi connectivity index (χ4v) is 4.76. The van der Waals surface area contributed by atoms with Gasteiger partial charge in [-0.25, -0.2) is 8.42 Å². The summed E-state index contributed by atoms with van der Waals surface area (Å²) in [4.78, 5) is 0.279. The molecule has 2 N–H and O–H groups in total. The van der Waals surface area contributed by atoms with Crippen molar-refractivity contribution >= 4 is 54.3 Å². The molecular weight excluding hydrogens is 407 g/mol. The summed E-state index contributed by atoms with van der Waals surface area (Å²) in [5.41, 5.74) is 5.74. The Morgan fingerprint density at radius 3 is 2.56 bits per heavy atom. The molecule has 1 aromatic carbocycles. The summed E-state index contributed by atoms with van der Waals surface area (Å²) < 4.78 is 27.5. The predicted octanol–water partition coefficient (Wildman–Crippen LogP) is 2.36. The minimum atomic E-state index is -3.45. The highest BCUT2D eigenvalue weighted by Crippen LogP contribution is 2.29. The first-order valence-electron chi connectivity index (χ1n) is 5.12. The van der Waals surface area contributed by atoms with Crippen LogP contribution in [0.5, 0.6) is 0 Å². The topological polar surface area (TPSA) is 63.4 Å². The van der Waals surface area contributed by atoms with Gasteiger partial charge in [0, 0.05) is 28.1 Å². The zero-order chi connectivity index (χ0) is 12.6. The van der Waals surface area contributed by atoms with E-state index >= 15 is 0 Å².